The third-order valence-electron chi connectivity index (χ3n) is 3.42. The number of rotatable bonds is 6. The Morgan fingerprint density at radius 1 is 1.48 bits per heavy atom. The number of aryl methyl sites for hydroxylation is 1. The Morgan fingerprint density at radius 2 is 2.26 bits per heavy atom. The molecule has 0 saturated carbocycles. The molecule has 1 aromatic heterocycles. The molecular weight excluding hydrogens is 317 g/mol. The molecule has 0 aliphatic carbocycles. The molecule has 0 spiro atoms. The summed E-state index contributed by atoms with van der Waals surface area (Å²) < 4.78 is 13.6. The highest BCUT2D eigenvalue weighted by molar-refractivity contribution is 7.15. The van der Waals surface area contributed by atoms with E-state index in [9.17, 15) is 9.18 Å². The number of hydrogen-bond acceptors (Lipinski definition) is 4. The number of carbonyl (C=O) groups excluding carboxylic acids is 1. The third kappa shape index (κ3) is 4.74. The second kappa shape index (κ2) is 8.03. The second-order valence-electron chi connectivity index (χ2n) is 5.13. The van der Waals surface area contributed by atoms with Crippen LogP contribution in [-0.2, 0) is 6.42 Å². The number of halogens is 1. The third-order valence-corrected chi connectivity index (χ3v) is 4.33. The number of carbonyl (C=O) groups is 1. The predicted molar refractivity (Wildman–Crippen MR) is 89.4 cm³/mol. The number of aliphatic hydroxyl groups is 1. The van der Waals surface area contributed by atoms with Gasteiger partial charge < -0.3 is 10.0 Å². The Morgan fingerprint density at radius 3 is 2.91 bits per heavy atom. The lowest BCUT2D eigenvalue weighted by molar-refractivity contribution is 0.192. The minimum atomic E-state index is -0.288. The lowest BCUT2D eigenvalue weighted by Crippen LogP contribution is -2.36. The fourth-order valence-electron chi connectivity index (χ4n) is 2.09. The van der Waals surface area contributed by atoms with Crippen molar-refractivity contribution in [1.82, 2.24) is 9.88 Å². The van der Waals surface area contributed by atoms with Gasteiger partial charge in [0.1, 0.15) is 5.82 Å². The molecule has 2 N–H and O–H groups in total. The summed E-state index contributed by atoms with van der Waals surface area (Å²) in [6.45, 7) is 4.28. The lowest BCUT2D eigenvalue weighted by atomic mass is 10.1. The van der Waals surface area contributed by atoms with E-state index in [4.69, 9.17) is 5.11 Å². The van der Waals surface area contributed by atoms with Gasteiger partial charge in [0.15, 0.2) is 5.13 Å². The number of likely N-dealkylation sites (N-methyl/N-ethyl adjacent to an activating group) is 1. The average molecular weight is 337 g/mol. The number of amides is 2. The molecule has 0 atom stereocenters. The van der Waals surface area contributed by atoms with Crippen LogP contribution in [0.15, 0.2) is 24.4 Å². The van der Waals surface area contributed by atoms with Crippen molar-refractivity contribution >= 4 is 22.5 Å². The van der Waals surface area contributed by atoms with Crippen LogP contribution in [0.4, 0.5) is 14.3 Å². The normalized spacial score (nSPS) is 10.6. The van der Waals surface area contributed by atoms with Gasteiger partial charge >= 0.3 is 6.03 Å². The highest BCUT2D eigenvalue weighted by atomic mass is 32.1. The maximum absolute atomic E-state index is 13.6. The lowest BCUT2D eigenvalue weighted by Gasteiger charge is -2.19. The molecule has 2 amide bonds. The first kappa shape index (κ1) is 17.4. The average Bonchev–Trinajstić information content (AvgIpc) is 2.95. The molecule has 0 saturated heterocycles. The van der Waals surface area contributed by atoms with Crippen LogP contribution in [0.5, 0.6) is 0 Å². The zero-order valence-corrected chi connectivity index (χ0v) is 14.0. The highest BCUT2D eigenvalue weighted by Gasteiger charge is 2.13. The standard InChI is InChI=1S/C16H20FN3O2S/c1-3-20(6-7-21)16(22)19-15-18-10-13(23-15)8-12-5-4-11(2)14(17)9-12/h4-5,9-10,21H,3,6-8H2,1-2H3,(H,18,19,22). The van der Waals surface area contributed by atoms with Crippen LogP contribution in [0.25, 0.3) is 0 Å². The van der Waals surface area contributed by atoms with Crippen molar-refractivity contribution in [3.05, 3.63) is 46.2 Å². The van der Waals surface area contributed by atoms with Gasteiger partial charge in [0.2, 0.25) is 0 Å². The van der Waals surface area contributed by atoms with Gasteiger partial charge in [-0.1, -0.05) is 12.1 Å². The first-order valence-corrected chi connectivity index (χ1v) is 8.21. The van der Waals surface area contributed by atoms with Crippen LogP contribution < -0.4 is 5.32 Å². The minimum absolute atomic E-state index is 0.0800. The molecule has 2 rings (SSSR count). The summed E-state index contributed by atoms with van der Waals surface area (Å²) in [5.41, 5.74) is 1.49. The van der Waals surface area contributed by atoms with Crippen molar-refractivity contribution in [2.45, 2.75) is 20.3 Å². The molecule has 1 heterocycles. The molecule has 5 nitrogen and oxygen atoms in total. The topological polar surface area (TPSA) is 65.5 Å². The van der Waals surface area contributed by atoms with E-state index in [0.717, 1.165) is 10.4 Å². The molecule has 7 heteroatoms. The number of anilines is 1. The first-order valence-electron chi connectivity index (χ1n) is 7.40. The maximum atomic E-state index is 13.6. The molecule has 23 heavy (non-hydrogen) atoms. The summed E-state index contributed by atoms with van der Waals surface area (Å²) in [6.07, 6.45) is 2.25. The number of nitrogens with one attached hydrogen (secondary N) is 1. The molecule has 2 aromatic rings. The maximum Gasteiger partial charge on any atom is 0.323 e. The number of benzene rings is 1. The van der Waals surface area contributed by atoms with Crippen molar-refractivity contribution in [2.24, 2.45) is 0 Å². The van der Waals surface area contributed by atoms with Gasteiger partial charge in [0.05, 0.1) is 6.61 Å². The van der Waals surface area contributed by atoms with Gasteiger partial charge in [-0.25, -0.2) is 14.2 Å². The van der Waals surface area contributed by atoms with Crippen molar-refractivity contribution < 1.29 is 14.3 Å². The quantitative estimate of drug-likeness (QED) is 0.851. The predicted octanol–water partition coefficient (Wildman–Crippen LogP) is 3.03. The van der Waals surface area contributed by atoms with Crippen LogP contribution in [0, 0.1) is 12.7 Å². The summed E-state index contributed by atoms with van der Waals surface area (Å²) in [6, 6.07) is 4.87. The highest BCUT2D eigenvalue weighted by Crippen LogP contribution is 2.22. The molecule has 0 radical (unpaired) electrons. The van der Waals surface area contributed by atoms with Gasteiger partial charge in [-0.2, -0.15) is 0 Å². The van der Waals surface area contributed by atoms with Gasteiger partial charge in [0.25, 0.3) is 0 Å². The largest absolute Gasteiger partial charge is 0.395 e. The summed E-state index contributed by atoms with van der Waals surface area (Å²) in [5.74, 6) is -0.219. The number of nitrogens with zero attached hydrogens (tertiary/aromatic N) is 2. The SMILES string of the molecule is CCN(CCO)C(=O)Nc1ncc(Cc2ccc(C)c(F)c2)s1. The van der Waals surface area contributed by atoms with Crippen LogP contribution in [0.3, 0.4) is 0 Å². The summed E-state index contributed by atoms with van der Waals surface area (Å²) in [4.78, 5) is 18.6. The molecule has 124 valence electrons. The molecule has 0 bridgehead atoms. The Bertz CT molecular complexity index is 675. The minimum Gasteiger partial charge on any atom is -0.395 e. The van der Waals surface area contributed by atoms with Gasteiger partial charge in [0, 0.05) is 30.6 Å². The van der Waals surface area contributed by atoms with Gasteiger partial charge in [-0.3, -0.25) is 5.32 Å². The number of hydrogen-bond donors (Lipinski definition) is 2. The van der Waals surface area contributed by atoms with E-state index in [1.54, 1.807) is 19.2 Å². The molecule has 0 aliphatic rings. The molecule has 1 aromatic carbocycles. The Labute approximate surface area is 138 Å². The van der Waals surface area contributed by atoms with E-state index in [0.29, 0.717) is 23.7 Å². The molecule has 0 aliphatic heterocycles. The Balaban J connectivity index is 2.00. The smallest absolute Gasteiger partial charge is 0.323 e. The number of aromatic nitrogens is 1. The first-order chi connectivity index (χ1) is 11.0. The number of aliphatic hydroxyl groups excluding tert-OH is 1. The zero-order chi connectivity index (χ0) is 16.8. The van der Waals surface area contributed by atoms with Crippen molar-refractivity contribution in [2.75, 3.05) is 25.0 Å². The summed E-state index contributed by atoms with van der Waals surface area (Å²) >= 11 is 1.36. The second-order valence-corrected chi connectivity index (χ2v) is 6.24. The summed E-state index contributed by atoms with van der Waals surface area (Å²) in [5, 5.41) is 12.1. The number of thiazole rings is 1. The van der Waals surface area contributed by atoms with Crippen LogP contribution >= 0.6 is 11.3 Å². The Kier molecular flexibility index (Phi) is 6.06. The van der Waals surface area contributed by atoms with Crippen LogP contribution in [-0.4, -0.2) is 40.7 Å². The van der Waals surface area contributed by atoms with E-state index in [1.807, 2.05) is 13.0 Å². The zero-order valence-electron chi connectivity index (χ0n) is 13.2. The molecule has 0 fully saturated rings. The van der Waals surface area contributed by atoms with Crippen LogP contribution in [0.2, 0.25) is 0 Å². The van der Waals surface area contributed by atoms with E-state index in [1.165, 1.54) is 22.3 Å². The van der Waals surface area contributed by atoms with Crippen molar-refractivity contribution in [1.29, 1.82) is 0 Å². The van der Waals surface area contributed by atoms with Gasteiger partial charge in [-0.05, 0) is 31.0 Å². The fraction of sp³-hybridized carbons (Fsp3) is 0.375. The van der Waals surface area contributed by atoms with Crippen LogP contribution in [0.1, 0.15) is 22.9 Å². The monoisotopic (exact) mass is 337 g/mol. The molecular formula is C16H20FN3O2S. The van der Waals surface area contributed by atoms with E-state index < -0.39 is 0 Å². The Hall–Kier alpha value is -1.99. The number of urea groups is 1. The van der Waals surface area contributed by atoms with Crippen molar-refractivity contribution in [3.63, 3.8) is 0 Å². The molecule has 0 unspecified atom stereocenters. The van der Waals surface area contributed by atoms with Gasteiger partial charge in [-0.15, -0.1) is 11.3 Å². The summed E-state index contributed by atoms with van der Waals surface area (Å²) in [7, 11) is 0. The van der Waals surface area contributed by atoms with Crippen molar-refractivity contribution in [3.8, 4) is 0 Å². The van der Waals surface area contributed by atoms with E-state index >= 15 is 0 Å². The fourth-order valence-corrected chi connectivity index (χ4v) is 2.93. The van der Waals surface area contributed by atoms with E-state index in [-0.39, 0.29) is 25.0 Å². The van der Waals surface area contributed by atoms with E-state index in [2.05, 4.69) is 10.3 Å².